The fourth-order valence-corrected chi connectivity index (χ4v) is 1.71. The molecule has 0 unspecified atom stereocenters. The quantitative estimate of drug-likeness (QED) is 0.648. The number of hydrogen-bond acceptors (Lipinski definition) is 4. The van der Waals surface area contributed by atoms with Crippen LogP contribution in [0.15, 0.2) is 0 Å². The van der Waals surface area contributed by atoms with Crippen LogP contribution in [0.2, 0.25) is 0 Å². The molecule has 86 valence electrons. The largest absolute Gasteiger partial charge is 0.381 e. The molecule has 0 atom stereocenters. The van der Waals surface area contributed by atoms with Crippen LogP contribution in [0.5, 0.6) is 0 Å². The zero-order chi connectivity index (χ0) is 10.5. The van der Waals surface area contributed by atoms with Gasteiger partial charge >= 0.3 is 0 Å². The molecule has 0 aliphatic carbocycles. The molecule has 2 N–H and O–H groups in total. The maximum Gasteiger partial charge on any atom is 0.234 e. The SMILES string of the molecule is O=C(CNC1COC1)NC1CCOCC1. The van der Waals surface area contributed by atoms with Crippen LogP contribution in [0.4, 0.5) is 0 Å². The number of carbonyl (C=O) groups is 1. The van der Waals surface area contributed by atoms with Crippen LogP contribution < -0.4 is 10.6 Å². The van der Waals surface area contributed by atoms with E-state index < -0.39 is 0 Å². The average Bonchev–Trinajstić information content (AvgIpc) is 2.17. The first-order valence-corrected chi connectivity index (χ1v) is 5.53. The molecule has 0 aromatic carbocycles. The lowest BCUT2D eigenvalue weighted by Crippen LogP contribution is -2.51. The highest BCUT2D eigenvalue weighted by Gasteiger charge is 2.20. The molecule has 2 heterocycles. The van der Waals surface area contributed by atoms with E-state index in [1.807, 2.05) is 0 Å². The summed E-state index contributed by atoms with van der Waals surface area (Å²) in [7, 11) is 0. The van der Waals surface area contributed by atoms with Gasteiger partial charge in [-0.1, -0.05) is 0 Å². The van der Waals surface area contributed by atoms with Crippen LogP contribution in [-0.4, -0.2) is 51.0 Å². The van der Waals surface area contributed by atoms with Crippen molar-refractivity contribution in [1.29, 1.82) is 0 Å². The standard InChI is InChI=1S/C10H18N2O3/c13-10(5-11-9-6-15-7-9)12-8-1-3-14-4-2-8/h8-9,11H,1-7H2,(H,12,13). The van der Waals surface area contributed by atoms with Gasteiger partial charge in [-0.25, -0.2) is 0 Å². The second-order valence-corrected chi connectivity index (χ2v) is 4.07. The van der Waals surface area contributed by atoms with Crippen molar-refractivity contribution in [3.8, 4) is 0 Å². The van der Waals surface area contributed by atoms with Crippen molar-refractivity contribution in [2.75, 3.05) is 33.0 Å². The van der Waals surface area contributed by atoms with E-state index in [9.17, 15) is 4.79 Å². The lowest BCUT2D eigenvalue weighted by Gasteiger charge is -2.27. The molecule has 2 aliphatic heterocycles. The third-order valence-electron chi connectivity index (χ3n) is 2.78. The Bertz CT molecular complexity index is 213. The number of nitrogens with one attached hydrogen (secondary N) is 2. The Hall–Kier alpha value is -0.650. The Labute approximate surface area is 89.5 Å². The van der Waals surface area contributed by atoms with Crippen molar-refractivity contribution in [2.24, 2.45) is 0 Å². The summed E-state index contributed by atoms with van der Waals surface area (Å²) in [5.41, 5.74) is 0. The highest BCUT2D eigenvalue weighted by molar-refractivity contribution is 5.78. The molecule has 1 amide bonds. The summed E-state index contributed by atoms with van der Waals surface area (Å²) >= 11 is 0. The molecule has 0 radical (unpaired) electrons. The minimum absolute atomic E-state index is 0.0776. The van der Waals surface area contributed by atoms with E-state index in [0.29, 0.717) is 18.6 Å². The van der Waals surface area contributed by atoms with E-state index in [4.69, 9.17) is 9.47 Å². The monoisotopic (exact) mass is 214 g/mol. The molecule has 0 aromatic rings. The molecule has 0 saturated carbocycles. The summed E-state index contributed by atoms with van der Waals surface area (Å²) in [6.07, 6.45) is 1.86. The fraction of sp³-hybridized carbons (Fsp3) is 0.900. The highest BCUT2D eigenvalue weighted by atomic mass is 16.5. The molecular weight excluding hydrogens is 196 g/mol. The number of carbonyl (C=O) groups excluding carboxylic acids is 1. The van der Waals surface area contributed by atoms with E-state index >= 15 is 0 Å². The van der Waals surface area contributed by atoms with Gasteiger partial charge in [-0.2, -0.15) is 0 Å². The third-order valence-corrected chi connectivity index (χ3v) is 2.78. The predicted octanol–water partition coefficient (Wildman–Crippen LogP) is -0.730. The molecule has 0 bridgehead atoms. The zero-order valence-corrected chi connectivity index (χ0v) is 8.83. The summed E-state index contributed by atoms with van der Waals surface area (Å²) in [5.74, 6) is 0.0776. The van der Waals surface area contributed by atoms with E-state index in [1.54, 1.807) is 0 Å². The lowest BCUT2D eigenvalue weighted by atomic mass is 10.1. The molecule has 15 heavy (non-hydrogen) atoms. The second-order valence-electron chi connectivity index (χ2n) is 4.07. The van der Waals surface area contributed by atoms with Crippen LogP contribution in [0.1, 0.15) is 12.8 Å². The first-order valence-electron chi connectivity index (χ1n) is 5.53. The van der Waals surface area contributed by atoms with Gasteiger partial charge in [0.2, 0.25) is 5.91 Å². The van der Waals surface area contributed by atoms with Crippen LogP contribution in [-0.2, 0) is 14.3 Å². The topological polar surface area (TPSA) is 59.6 Å². The zero-order valence-electron chi connectivity index (χ0n) is 8.83. The van der Waals surface area contributed by atoms with Crippen molar-refractivity contribution in [3.63, 3.8) is 0 Å². The summed E-state index contributed by atoms with van der Waals surface area (Å²) in [6.45, 7) is 3.37. The Morgan fingerprint density at radius 3 is 2.47 bits per heavy atom. The van der Waals surface area contributed by atoms with Crippen molar-refractivity contribution >= 4 is 5.91 Å². The smallest absolute Gasteiger partial charge is 0.234 e. The Balaban J connectivity index is 1.58. The van der Waals surface area contributed by atoms with Crippen molar-refractivity contribution in [3.05, 3.63) is 0 Å². The van der Waals surface area contributed by atoms with Gasteiger partial charge < -0.3 is 20.1 Å². The third kappa shape index (κ3) is 3.44. The minimum atomic E-state index is 0.0776. The highest BCUT2D eigenvalue weighted by Crippen LogP contribution is 2.05. The van der Waals surface area contributed by atoms with E-state index in [1.165, 1.54) is 0 Å². The molecule has 5 nitrogen and oxygen atoms in total. The van der Waals surface area contributed by atoms with E-state index in [0.717, 1.165) is 39.3 Å². The molecule has 0 aromatic heterocycles. The normalized spacial score (nSPS) is 23.5. The maximum absolute atomic E-state index is 11.5. The van der Waals surface area contributed by atoms with Gasteiger partial charge in [-0.3, -0.25) is 4.79 Å². The Kier molecular flexibility index (Phi) is 3.94. The van der Waals surface area contributed by atoms with Gasteiger partial charge in [0.25, 0.3) is 0 Å². The molecule has 0 spiro atoms. The van der Waals surface area contributed by atoms with Crippen LogP contribution in [0.3, 0.4) is 0 Å². The summed E-state index contributed by atoms with van der Waals surface area (Å²) in [5, 5.41) is 6.14. The van der Waals surface area contributed by atoms with E-state index in [2.05, 4.69) is 10.6 Å². The summed E-state index contributed by atoms with van der Waals surface area (Å²) in [4.78, 5) is 11.5. The minimum Gasteiger partial charge on any atom is -0.381 e. The van der Waals surface area contributed by atoms with Crippen LogP contribution >= 0.6 is 0 Å². The maximum atomic E-state index is 11.5. The number of rotatable bonds is 4. The molecule has 2 rings (SSSR count). The van der Waals surface area contributed by atoms with Gasteiger partial charge in [-0.05, 0) is 12.8 Å². The van der Waals surface area contributed by atoms with Gasteiger partial charge in [0.05, 0.1) is 25.8 Å². The van der Waals surface area contributed by atoms with Gasteiger partial charge in [0.1, 0.15) is 0 Å². The van der Waals surface area contributed by atoms with Crippen LogP contribution in [0.25, 0.3) is 0 Å². The second kappa shape index (κ2) is 5.44. The number of amides is 1. The Morgan fingerprint density at radius 2 is 1.87 bits per heavy atom. The van der Waals surface area contributed by atoms with Gasteiger partial charge in [-0.15, -0.1) is 0 Å². The predicted molar refractivity (Wildman–Crippen MR) is 54.6 cm³/mol. The van der Waals surface area contributed by atoms with Gasteiger partial charge in [0, 0.05) is 19.3 Å². The molecule has 2 saturated heterocycles. The van der Waals surface area contributed by atoms with Gasteiger partial charge in [0.15, 0.2) is 0 Å². The number of ether oxygens (including phenoxy) is 2. The summed E-state index contributed by atoms with van der Waals surface area (Å²) < 4.78 is 10.2. The van der Waals surface area contributed by atoms with Crippen LogP contribution in [0, 0.1) is 0 Å². The van der Waals surface area contributed by atoms with E-state index in [-0.39, 0.29) is 5.91 Å². The first kappa shape index (κ1) is 10.9. The Morgan fingerprint density at radius 1 is 1.13 bits per heavy atom. The number of hydrogen-bond donors (Lipinski definition) is 2. The lowest BCUT2D eigenvalue weighted by molar-refractivity contribution is -0.122. The fourth-order valence-electron chi connectivity index (χ4n) is 1.71. The molecule has 5 heteroatoms. The van der Waals surface area contributed by atoms with Crippen molar-refractivity contribution < 1.29 is 14.3 Å². The van der Waals surface area contributed by atoms with Crippen molar-refractivity contribution in [2.45, 2.75) is 24.9 Å². The summed E-state index contributed by atoms with van der Waals surface area (Å²) in [6, 6.07) is 0.663. The van der Waals surface area contributed by atoms with Crippen molar-refractivity contribution in [1.82, 2.24) is 10.6 Å². The molecule has 2 aliphatic rings. The molecule has 2 fully saturated rings. The molecular formula is C10H18N2O3. The first-order chi connectivity index (χ1) is 7.34. The average molecular weight is 214 g/mol.